The Kier molecular flexibility index (Phi) is 9.31. The van der Waals surface area contributed by atoms with E-state index in [0.29, 0.717) is 40.4 Å². The van der Waals surface area contributed by atoms with Gasteiger partial charge in [0.2, 0.25) is 0 Å². The second kappa shape index (κ2) is 12.7. The Labute approximate surface area is 237 Å². The van der Waals surface area contributed by atoms with Gasteiger partial charge in [0.05, 0.1) is 12.7 Å². The molecule has 1 N–H and O–H groups in total. The number of carbonyl (C=O) groups excluding carboxylic acids is 1. The molecule has 2 aromatic rings. The molecule has 0 radical (unpaired) electrons. The van der Waals surface area contributed by atoms with Crippen molar-refractivity contribution in [1.29, 1.82) is 0 Å². The van der Waals surface area contributed by atoms with E-state index in [1.54, 1.807) is 11.9 Å². The van der Waals surface area contributed by atoms with Gasteiger partial charge in [-0.2, -0.15) is 0 Å². The summed E-state index contributed by atoms with van der Waals surface area (Å²) < 4.78 is 0. The Morgan fingerprint density at radius 1 is 1.18 bits per heavy atom. The van der Waals surface area contributed by atoms with E-state index < -0.39 is 0 Å². The van der Waals surface area contributed by atoms with E-state index in [0.717, 1.165) is 28.8 Å². The first-order valence-electron chi connectivity index (χ1n) is 13.6. The lowest BCUT2D eigenvalue weighted by Gasteiger charge is -2.31. The molecule has 39 heavy (non-hydrogen) atoms. The maximum atomic E-state index is 14.2. The first-order chi connectivity index (χ1) is 18.7. The van der Waals surface area contributed by atoms with Crippen LogP contribution < -0.4 is 5.32 Å². The zero-order chi connectivity index (χ0) is 28.1. The van der Waals surface area contributed by atoms with Gasteiger partial charge in [-0.25, -0.2) is 9.98 Å². The van der Waals surface area contributed by atoms with Crippen LogP contribution in [0.5, 0.6) is 0 Å². The van der Waals surface area contributed by atoms with Gasteiger partial charge >= 0.3 is 0 Å². The minimum atomic E-state index is -0.124. The number of aryl methyl sites for hydroxylation is 1. The molecule has 2 aromatic carbocycles. The van der Waals surface area contributed by atoms with E-state index in [1.165, 1.54) is 18.4 Å². The number of carbonyl (C=O) groups is 1. The summed E-state index contributed by atoms with van der Waals surface area (Å²) in [4.78, 5) is 29.8. The van der Waals surface area contributed by atoms with Gasteiger partial charge in [-0.3, -0.25) is 20.0 Å². The summed E-state index contributed by atoms with van der Waals surface area (Å²) in [6, 6.07) is 14.5. The van der Waals surface area contributed by atoms with E-state index in [1.807, 2.05) is 64.1 Å². The van der Waals surface area contributed by atoms with E-state index in [9.17, 15) is 4.79 Å². The Morgan fingerprint density at radius 2 is 1.92 bits per heavy atom. The topological polar surface area (TPSA) is 69.4 Å². The van der Waals surface area contributed by atoms with Crippen LogP contribution in [0, 0.1) is 0 Å². The van der Waals surface area contributed by atoms with Crippen molar-refractivity contribution in [1.82, 2.24) is 10.2 Å². The highest BCUT2D eigenvalue weighted by atomic mass is 35.5. The fourth-order valence-corrected chi connectivity index (χ4v) is 4.93. The summed E-state index contributed by atoms with van der Waals surface area (Å²) in [6.07, 6.45) is 7.09. The standard InChI is InChI=1S/C32H38ClN5O/c1-7-22-10-9-11-23(16-22)19-38-31(37-21(5)36-26-13-14-26)24(8-2)17-28(32(38)39)27-15-12-25(18-29(27)33)30(34-6)35-20(3)4/h8-12,15-18,21,26,36H,7,13-14,19H2,1-6H3/b24-8-,34-30?,37-31+. The molecule has 6 nitrogen and oxygen atoms in total. The van der Waals surface area contributed by atoms with Crippen molar-refractivity contribution in [3.63, 3.8) is 0 Å². The maximum Gasteiger partial charge on any atom is 0.260 e. The number of rotatable bonds is 8. The summed E-state index contributed by atoms with van der Waals surface area (Å²) in [5.74, 6) is 1.15. The molecule has 1 aliphatic carbocycles. The number of hydrogen-bond acceptors (Lipinski definition) is 4. The Bertz CT molecular complexity index is 1390. The first-order valence-corrected chi connectivity index (χ1v) is 14.0. The Morgan fingerprint density at radius 3 is 2.54 bits per heavy atom. The number of hydrogen-bond donors (Lipinski definition) is 1. The minimum Gasteiger partial charge on any atom is -0.293 e. The fraction of sp³-hybridized carbons (Fsp3) is 0.375. The van der Waals surface area contributed by atoms with Crippen LogP contribution in [0.1, 0.15) is 69.7 Å². The van der Waals surface area contributed by atoms with E-state index in [2.05, 4.69) is 40.4 Å². The zero-order valence-corrected chi connectivity index (χ0v) is 24.5. The van der Waals surface area contributed by atoms with Crippen LogP contribution in [0.4, 0.5) is 0 Å². The minimum absolute atomic E-state index is 0.105. The quantitative estimate of drug-likeness (QED) is 0.300. The lowest BCUT2D eigenvalue weighted by Crippen LogP contribution is -2.42. The fourth-order valence-electron chi connectivity index (χ4n) is 4.65. The summed E-state index contributed by atoms with van der Waals surface area (Å²) in [5.41, 5.74) is 6.11. The van der Waals surface area contributed by atoms with E-state index in [4.69, 9.17) is 16.6 Å². The van der Waals surface area contributed by atoms with Gasteiger partial charge < -0.3 is 0 Å². The van der Waals surface area contributed by atoms with Crippen molar-refractivity contribution in [3.8, 4) is 0 Å². The molecule has 0 bridgehead atoms. The van der Waals surface area contributed by atoms with E-state index >= 15 is 0 Å². The van der Waals surface area contributed by atoms with Crippen molar-refractivity contribution in [3.05, 3.63) is 87.5 Å². The molecule has 2 aliphatic rings. The Hall–Kier alpha value is -3.35. The molecule has 1 heterocycles. The number of allylic oxidation sites excluding steroid dienone is 1. The molecule has 1 saturated carbocycles. The van der Waals surface area contributed by atoms with Crippen LogP contribution >= 0.6 is 11.6 Å². The molecular weight excluding hydrogens is 506 g/mol. The average molecular weight is 544 g/mol. The molecule has 1 atom stereocenters. The van der Waals surface area contributed by atoms with Crippen LogP contribution in [0.3, 0.4) is 0 Å². The van der Waals surface area contributed by atoms with Gasteiger partial charge in [-0.15, -0.1) is 0 Å². The lowest BCUT2D eigenvalue weighted by molar-refractivity contribution is -0.122. The van der Waals surface area contributed by atoms with Crippen LogP contribution in [-0.2, 0) is 17.8 Å². The molecule has 1 amide bonds. The third kappa shape index (κ3) is 7.00. The second-order valence-corrected chi connectivity index (χ2v) is 10.6. The monoisotopic (exact) mass is 543 g/mol. The highest BCUT2D eigenvalue weighted by Gasteiger charge is 2.33. The third-order valence-electron chi connectivity index (χ3n) is 6.77. The van der Waals surface area contributed by atoms with Crippen LogP contribution in [-0.4, -0.2) is 47.4 Å². The number of nitrogens with zero attached hydrogens (tertiary/aromatic N) is 4. The summed E-state index contributed by atoms with van der Waals surface area (Å²) in [5, 5.41) is 4.01. The molecule has 204 valence electrons. The number of aliphatic imine (C=N–C) groups is 3. The molecule has 1 unspecified atom stereocenters. The maximum absolute atomic E-state index is 14.2. The van der Waals surface area contributed by atoms with E-state index in [-0.39, 0.29) is 12.1 Å². The van der Waals surface area contributed by atoms with Crippen molar-refractivity contribution in [2.75, 3.05) is 7.05 Å². The molecule has 0 saturated heterocycles. The van der Waals surface area contributed by atoms with Gasteiger partial charge in [0.1, 0.15) is 5.84 Å². The Balaban J connectivity index is 1.77. The average Bonchev–Trinajstić information content (AvgIpc) is 3.73. The highest BCUT2D eigenvalue weighted by Crippen LogP contribution is 2.33. The van der Waals surface area contributed by atoms with Gasteiger partial charge in [-0.05, 0) is 70.2 Å². The summed E-state index contributed by atoms with van der Waals surface area (Å²) >= 11 is 6.81. The number of nitrogens with one attached hydrogen (secondary N) is 1. The molecule has 0 spiro atoms. The van der Waals surface area contributed by atoms with Gasteiger partial charge in [0.15, 0.2) is 5.84 Å². The molecule has 4 rings (SSSR count). The smallest absolute Gasteiger partial charge is 0.260 e. The molecule has 1 fully saturated rings. The van der Waals surface area contributed by atoms with Crippen molar-refractivity contribution < 1.29 is 4.79 Å². The summed E-state index contributed by atoms with van der Waals surface area (Å²) in [7, 11) is 1.71. The third-order valence-corrected chi connectivity index (χ3v) is 7.08. The second-order valence-electron chi connectivity index (χ2n) is 10.2. The largest absolute Gasteiger partial charge is 0.293 e. The number of amides is 1. The molecule has 0 aromatic heterocycles. The van der Waals surface area contributed by atoms with Crippen molar-refractivity contribution >= 4 is 40.5 Å². The number of halogens is 1. The predicted octanol–water partition coefficient (Wildman–Crippen LogP) is 6.63. The van der Waals surface area contributed by atoms with Crippen molar-refractivity contribution in [2.24, 2.45) is 15.0 Å². The zero-order valence-electron chi connectivity index (χ0n) is 23.8. The molecule has 7 heteroatoms. The number of benzene rings is 2. The predicted molar refractivity (Wildman–Crippen MR) is 164 cm³/mol. The van der Waals surface area contributed by atoms with Crippen LogP contribution in [0.25, 0.3) is 5.57 Å². The summed E-state index contributed by atoms with van der Waals surface area (Å²) in [6.45, 7) is 10.4. The molecular formula is C32H38ClN5O. The van der Waals surface area contributed by atoms with Crippen LogP contribution in [0.2, 0.25) is 5.02 Å². The highest BCUT2D eigenvalue weighted by molar-refractivity contribution is 6.37. The number of amidine groups is 2. The molecule has 1 aliphatic heterocycles. The lowest BCUT2D eigenvalue weighted by atomic mass is 9.95. The first kappa shape index (κ1) is 28.7. The van der Waals surface area contributed by atoms with Gasteiger partial charge in [0.25, 0.3) is 5.91 Å². The van der Waals surface area contributed by atoms with Gasteiger partial charge in [0, 0.05) is 46.1 Å². The SMILES string of the molecule is C/C=C1/C=C(c2ccc(C(N=C(C)C)=NC)cc2Cl)C(=O)N(Cc2cccc(CC)c2)/C1=N/C(C)NC1CC1. The normalized spacial score (nSPS) is 18.9. The van der Waals surface area contributed by atoms with Gasteiger partial charge in [-0.1, -0.05) is 61.0 Å². The van der Waals surface area contributed by atoms with Crippen molar-refractivity contribution in [2.45, 2.75) is 72.6 Å². The van der Waals surface area contributed by atoms with Crippen LogP contribution in [0.15, 0.2) is 75.2 Å².